The van der Waals surface area contributed by atoms with Crippen molar-refractivity contribution in [1.29, 1.82) is 0 Å². The van der Waals surface area contributed by atoms with E-state index in [1.54, 1.807) is 0 Å². The SMILES string of the molecule is CCCCCCCCCOC(=O)CCCCCCCN(CCO)CCCCCCCC(=O)OCCc1ccc(CCCC)c(CCCC)c1. The van der Waals surface area contributed by atoms with Crippen LogP contribution in [0.2, 0.25) is 0 Å². The van der Waals surface area contributed by atoms with E-state index in [1.165, 1.54) is 80.9 Å². The van der Waals surface area contributed by atoms with Gasteiger partial charge in [-0.15, -0.1) is 0 Å². The fourth-order valence-corrected chi connectivity index (χ4v) is 6.47. The summed E-state index contributed by atoms with van der Waals surface area (Å²) in [6.45, 7) is 10.8. The number of aryl methyl sites for hydroxylation is 2. The topological polar surface area (TPSA) is 76.1 Å². The predicted octanol–water partition coefficient (Wildman–Crippen LogP) is 10.7. The van der Waals surface area contributed by atoms with E-state index in [-0.39, 0.29) is 18.5 Å². The van der Waals surface area contributed by atoms with Crippen molar-refractivity contribution in [1.82, 2.24) is 4.90 Å². The molecule has 0 aliphatic rings. The first-order chi connectivity index (χ1) is 24.0. The Labute approximate surface area is 302 Å². The molecule has 1 rings (SSSR count). The van der Waals surface area contributed by atoms with Crippen LogP contribution < -0.4 is 0 Å². The second-order valence-electron chi connectivity index (χ2n) is 14.2. The molecule has 0 bridgehead atoms. The lowest BCUT2D eigenvalue weighted by Crippen LogP contribution is -2.29. The number of unbranched alkanes of at least 4 members (excludes halogenated alkanes) is 16. The summed E-state index contributed by atoms with van der Waals surface area (Å²) >= 11 is 0. The molecule has 0 aromatic heterocycles. The number of aliphatic hydroxyl groups is 1. The van der Waals surface area contributed by atoms with Crippen LogP contribution in [0, 0.1) is 0 Å². The van der Waals surface area contributed by atoms with E-state index in [1.807, 2.05) is 0 Å². The minimum Gasteiger partial charge on any atom is -0.466 e. The molecule has 0 fully saturated rings. The van der Waals surface area contributed by atoms with Crippen molar-refractivity contribution in [3.8, 4) is 0 Å². The molecule has 1 aromatic rings. The zero-order chi connectivity index (χ0) is 35.6. The third-order valence-electron chi connectivity index (χ3n) is 9.66. The Morgan fingerprint density at radius 1 is 0.531 bits per heavy atom. The Bertz CT molecular complexity index is 919. The van der Waals surface area contributed by atoms with E-state index in [2.05, 4.69) is 43.9 Å². The van der Waals surface area contributed by atoms with Gasteiger partial charge in [0.2, 0.25) is 0 Å². The smallest absolute Gasteiger partial charge is 0.305 e. The summed E-state index contributed by atoms with van der Waals surface area (Å²) in [7, 11) is 0. The number of benzene rings is 1. The molecule has 0 heterocycles. The van der Waals surface area contributed by atoms with E-state index in [4.69, 9.17) is 9.47 Å². The van der Waals surface area contributed by atoms with Crippen molar-refractivity contribution in [2.75, 3.05) is 39.5 Å². The van der Waals surface area contributed by atoms with Gasteiger partial charge in [-0.1, -0.05) is 129 Å². The van der Waals surface area contributed by atoms with Crippen molar-refractivity contribution < 1.29 is 24.2 Å². The third-order valence-corrected chi connectivity index (χ3v) is 9.66. The van der Waals surface area contributed by atoms with Crippen LogP contribution in [-0.4, -0.2) is 61.4 Å². The largest absolute Gasteiger partial charge is 0.466 e. The van der Waals surface area contributed by atoms with Gasteiger partial charge in [0, 0.05) is 25.8 Å². The summed E-state index contributed by atoms with van der Waals surface area (Å²) in [5, 5.41) is 9.50. The molecule has 284 valence electrons. The molecule has 0 saturated heterocycles. The van der Waals surface area contributed by atoms with Gasteiger partial charge in [-0.05, 0) is 87.6 Å². The number of ether oxygens (including phenoxy) is 2. The number of carbonyl (C=O) groups excluding carboxylic acids is 2. The van der Waals surface area contributed by atoms with Crippen LogP contribution in [-0.2, 0) is 38.3 Å². The molecule has 0 amide bonds. The summed E-state index contributed by atoms with van der Waals surface area (Å²) in [6, 6.07) is 6.86. The molecule has 49 heavy (non-hydrogen) atoms. The van der Waals surface area contributed by atoms with Crippen LogP contribution >= 0.6 is 0 Å². The van der Waals surface area contributed by atoms with Gasteiger partial charge < -0.3 is 19.5 Å². The molecule has 0 aliphatic carbocycles. The van der Waals surface area contributed by atoms with E-state index >= 15 is 0 Å². The van der Waals surface area contributed by atoms with Gasteiger partial charge in [-0.25, -0.2) is 0 Å². The summed E-state index contributed by atoms with van der Waals surface area (Å²) in [5.41, 5.74) is 4.25. The molecule has 0 aliphatic heterocycles. The molecule has 0 atom stereocenters. The van der Waals surface area contributed by atoms with E-state index < -0.39 is 0 Å². The van der Waals surface area contributed by atoms with Gasteiger partial charge in [0.1, 0.15) is 0 Å². The fourth-order valence-electron chi connectivity index (χ4n) is 6.47. The molecular formula is C43H77NO5. The Morgan fingerprint density at radius 3 is 1.59 bits per heavy atom. The van der Waals surface area contributed by atoms with Crippen LogP contribution in [0.3, 0.4) is 0 Å². The number of carbonyl (C=O) groups is 2. The van der Waals surface area contributed by atoms with Gasteiger partial charge in [-0.2, -0.15) is 0 Å². The van der Waals surface area contributed by atoms with E-state index in [0.717, 1.165) is 110 Å². The van der Waals surface area contributed by atoms with Gasteiger partial charge in [-0.3, -0.25) is 9.59 Å². The second-order valence-corrected chi connectivity index (χ2v) is 14.2. The van der Waals surface area contributed by atoms with Crippen LogP contribution in [0.1, 0.15) is 185 Å². The number of hydrogen-bond donors (Lipinski definition) is 1. The minimum atomic E-state index is -0.0707. The van der Waals surface area contributed by atoms with Crippen molar-refractivity contribution in [3.05, 3.63) is 34.9 Å². The molecule has 1 aromatic carbocycles. The summed E-state index contributed by atoms with van der Waals surface area (Å²) < 4.78 is 11.0. The first kappa shape index (κ1) is 45.1. The highest BCUT2D eigenvalue weighted by Crippen LogP contribution is 2.18. The molecule has 0 radical (unpaired) electrons. The zero-order valence-corrected chi connectivity index (χ0v) is 32.4. The highest BCUT2D eigenvalue weighted by Gasteiger charge is 2.08. The van der Waals surface area contributed by atoms with Crippen LogP contribution in [0.5, 0.6) is 0 Å². The first-order valence-corrected chi connectivity index (χ1v) is 20.8. The molecule has 0 spiro atoms. The normalized spacial score (nSPS) is 11.4. The predicted molar refractivity (Wildman–Crippen MR) is 206 cm³/mol. The maximum atomic E-state index is 12.3. The van der Waals surface area contributed by atoms with Crippen molar-refractivity contribution in [2.45, 2.75) is 188 Å². The molecule has 6 nitrogen and oxygen atoms in total. The van der Waals surface area contributed by atoms with Gasteiger partial charge >= 0.3 is 11.9 Å². The Morgan fingerprint density at radius 2 is 1.02 bits per heavy atom. The van der Waals surface area contributed by atoms with Crippen molar-refractivity contribution >= 4 is 11.9 Å². The first-order valence-electron chi connectivity index (χ1n) is 20.8. The molecule has 6 heteroatoms. The Kier molecular flexibility index (Phi) is 30.6. The van der Waals surface area contributed by atoms with Gasteiger partial charge in [0.05, 0.1) is 19.8 Å². The van der Waals surface area contributed by atoms with Crippen LogP contribution in [0.15, 0.2) is 18.2 Å². The van der Waals surface area contributed by atoms with E-state index in [9.17, 15) is 14.7 Å². The average Bonchev–Trinajstić information content (AvgIpc) is 3.10. The Hall–Kier alpha value is -1.92. The highest BCUT2D eigenvalue weighted by molar-refractivity contribution is 5.69. The van der Waals surface area contributed by atoms with Gasteiger partial charge in [0.15, 0.2) is 0 Å². The standard InChI is InChI=1S/C43H77NO5/c1-4-7-10-11-12-19-24-36-48-42(46)27-20-15-13-17-22-32-44(34-35-45)33-23-18-14-16-21-28-43(47)49-37-31-39-29-30-40(25-8-5-2)41(38-39)26-9-6-3/h29-30,38,45H,4-28,31-37H2,1-3H3. The molecule has 1 N–H and O–H groups in total. The molecular weight excluding hydrogens is 610 g/mol. The monoisotopic (exact) mass is 688 g/mol. The maximum Gasteiger partial charge on any atom is 0.305 e. The minimum absolute atomic E-state index is 0.0362. The fraction of sp³-hybridized carbons (Fsp3) is 0.814. The van der Waals surface area contributed by atoms with Crippen molar-refractivity contribution in [3.63, 3.8) is 0 Å². The number of rotatable bonds is 35. The number of esters is 2. The molecule has 0 unspecified atom stereocenters. The molecule has 0 saturated carbocycles. The average molecular weight is 688 g/mol. The van der Waals surface area contributed by atoms with E-state index in [0.29, 0.717) is 26.1 Å². The van der Waals surface area contributed by atoms with Crippen molar-refractivity contribution in [2.24, 2.45) is 0 Å². The number of nitrogens with zero attached hydrogens (tertiary/aromatic N) is 1. The van der Waals surface area contributed by atoms with Gasteiger partial charge in [0.25, 0.3) is 0 Å². The highest BCUT2D eigenvalue weighted by atomic mass is 16.5. The third kappa shape index (κ3) is 26.5. The lowest BCUT2D eigenvalue weighted by atomic mass is 9.95. The lowest BCUT2D eigenvalue weighted by Gasteiger charge is -2.21. The zero-order valence-electron chi connectivity index (χ0n) is 32.4. The lowest BCUT2D eigenvalue weighted by molar-refractivity contribution is -0.144. The van der Waals surface area contributed by atoms with Crippen LogP contribution in [0.4, 0.5) is 0 Å². The summed E-state index contributed by atoms with van der Waals surface area (Å²) in [4.78, 5) is 26.6. The summed E-state index contributed by atoms with van der Waals surface area (Å²) in [6.07, 6.45) is 28.5. The Balaban J connectivity index is 2.04. The van der Waals surface area contributed by atoms with Crippen LogP contribution in [0.25, 0.3) is 0 Å². The number of aliphatic hydroxyl groups excluding tert-OH is 1. The quantitative estimate of drug-likeness (QED) is 0.0565. The maximum absolute atomic E-state index is 12.3. The second kappa shape index (κ2) is 33.2. The number of hydrogen-bond acceptors (Lipinski definition) is 6. The summed E-state index contributed by atoms with van der Waals surface area (Å²) in [5.74, 6) is -0.107.